The van der Waals surface area contributed by atoms with Gasteiger partial charge in [-0.3, -0.25) is 14.9 Å². The van der Waals surface area contributed by atoms with Crippen molar-refractivity contribution in [2.24, 2.45) is 0 Å². The summed E-state index contributed by atoms with van der Waals surface area (Å²) in [7, 11) is 0. The Morgan fingerprint density at radius 1 is 1.14 bits per heavy atom. The van der Waals surface area contributed by atoms with Crippen LogP contribution in [0.2, 0.25) is 10.0 Å². The zero-order valence-electron chi connectivity index (χ0n) is 11.5. The number of halogens is 2. The fourth-order valence-electron chi connectivity index (χ4n) is 1.86. The number of carbonyl (C=O) groups excluding carboxylic acids is 1. The highest BCUT2D eigenvalue weighted by atomic mass is 35.5. The largest absolute Gasteiger partial charge is 0.326 e. The van der Waals surface area contributed by atoms with Crippen molar-refractivity contribution < 1.29 is 9.72 Å². The summed E-state index contributed by atoms with van der Waals surface area (Å²) in [6, 6.07) is 10.7. The van der Waals surface area contributed by atoms with E-state index in [0.717, 1.165) is 0 Å². The lowest BCUT2D eigenvalue weighted by molar-refractivity contribution is -0.384. The molecule has 0 bridgehead atoms. The van der Waals surface area contributed by atoms with E-state index < -0.39 is 10.8 Å². The molecule has 0 aliphatic heterocycles. The van der Waals surface area contributed by atoms with E-state index in [4.69, 9.17) is 23.2 Å². The molecular formula is C15H12Cl2N2O3. The molecule has 0 saturated carbocycles. The van der Waals surface area contributed by atoms with Crippen LogP contribution in [0, 0.1) is 10.1 Å². The van der Waals surface area contributed by atoms with Gasteiger partial charge in [-0.25, -0.2) is 0 Å². The zero-order valence-corrected chi connectivity index (χ0v) is 13.1. The van der Waals surface area contributed by atoms with Crippen molar-refractivity contribution in [1.82, 2.24) is 0 Å². The SMILES string of the molecule is C[C@H](C(=O)Nc1ccc(Cl)c(Cl)c1)c1ccc([N+](=O)[O-])cc1. The Bertz CT molecular complexity index is 717. The van der Waals surface area contributed by atoms with Gasteiger partial charge in [-0.1, -0.05) is 35.3 Å². The van der Waals surface area contributed by atoms with E-state index in [1.807, 2.05) is 0 Å². The average molecular weight is 339 g/mol. The van der Waals surface area contributed by atoms with Crippen molar-refractivity contribution in [3.8, 4) is 0 Å². The van der Waals surface area contributed by atoms with E-state index in [1.165, 1.54) is 12.1 Å². The molecule has 22 heavy (non-hydrogen) atoms. The number of rotatable bonds is 4. The number of hydrogen-bond acceptors (Lipinski definition) is 3. The van der Waals surface area contributed by atoms with E-state index in [9.17, 15) is 14.9 Å². The quantitative estimate of drug-likeness (QED) is 0.651. The molecule has 0 spiro atoms. The molecule has 2 aromatic carbocycles. The number of hydrogen-bond donors (Lipinski definition) is 1. The number of nitro benzene ring substituents is 1. The Hall–Kier alpha value is -2.11. The zero-order chi connectivity index (χ0) is 16.3. The van der Waals surface area contributed by atoms with Crippen LogP contribution < -0.4 is 5.32 Å². The molecule has 7 heteroatoms. The van der Waals surface area contributed by atoms with Crippen LogP contribution in [0.5, 0.6) is 0 Å². The number of nitro groups is 1. The predicted molar refractivity (Wildman–Crippen MR) is 86.6 cm³/mol. The number of nitrogens with one attached hydrogen (secondary N) is 1. The third-order valence-corrected chi connectivity index (χ3v) is 3.92. The van der Waals surface area contributed by atoms with Crippen LogP contribution in [0.25, 0.3) is 0 Å². The number of nitrogens with zero attached hydrogens (tertiary/aromatic N) is 1. The van der Waals surface area contributed by atoms with Crippen molar-refractivity contribution >= 4 is 40.5 Å². The van der Waals surface area contributed by atoms with E-state index in [1.54, 1.807) is 37.3 Å². The summed E-state index contributed by atoms with van der Waals surface area (Å²) >= 11 is 11.7. The monoisotopic (exact) mass is 338 g/mol. The highest BCUT2D eigenvalue weighted by Gasteiger charge is 2.17. The van der Waals surface area contributed by atoms with Gasteiger partial charge in [0, 0.05) is 17.8 Å². The Balaban J connectivity index is 2.11. The smallest absolute Gasteiger partial charge is 0.269 e. The topological polar surface area (TPSA) is 72.2 Å². The number of amides is 1. The Kier molecular flexibility index (Phi) is 5.00. The molecule has 0 heterocycles. The van der Waals surface area contributed by atoms with E-state index >= 15 is 0 Å². The molecule has 114 valence electrons. The van der Waals surface area contributed by atoms with E-state index in [-0.39, 0.29) is 11.6 Å². The van der Waals surface area contributed by atoms with Gasteiger partial charge >= 0.3 is 0 Å². The maximum absolute atomic E-state index is 12.2. The number of anilines is 1. The van der Waals surface area contributed by atoms with Gasteiger partial charge in [-0.2, -0.15) is 0 Å². The number of carbonyl (C=O) groups is 1. The van der Waals surface area contributed by atoms with Gasteiger partial charge in [0.15, 0.2) is 0 Å². The standard InChI is InChI=1S/C15H12Cl2N2O3/c1-9(10-2-5-12(6-3-10)19(21)22)15(20)18-11-4-7-13(16)14(17)8-11/h2-9H,1H3,(H,18,20)/t9-/m0/s1. The summed E-state index contributed by atoms with van der Waals surface area (Å²) in [4.78, 5) is 22.3. The van der Waals surface area contributed by atoms with Crippen molar-refractivity contribution in [2.45, 2.75) is 12.8 Å². The van der Waals surface area contributed by atoms with Gasteiger partial charge in [0.05, 0.1) is 20.9 Å². The molecule has 0 aromatic heterocycles. The van der Waals surface area contributed by atoms with Crippen LogP contribution in [0.1, 0.15) is 18.4 Å². The van der Waals surface area contributed by atoms with Crippen LogP contribution in [0.4, 0.5) is 11.4 Å². The molecule has 2 aromatic rings. The van der Waals surface area contributed by atoms with Crippen molar-refractivity contribution in [1.29, 1.82) is 0 Å². The minimum absolute atomic E-state index is 0.0131. The number of benzene rings is 2. The van der Waals surface area contributed by atoms with Crippen LogP contribution in [0.3, 0.4) is 0 Å². The molecule has 1 N–H and O–H groups in total. The van der Waals surface area contributed by atoms with Crippen LogP contribution in [-0.4, -0.2) is 10.8 Å². The first-order chi connectivity index (χ1) is 10.4. The fourth-order valence-corrected chi connectivity index (χ4v) is 2.16. The molecule has 1 amide bonds. The normalized spacial score (nSPS) is 11.8. The van der Waals surface area contributed by atoms with Crippen molar-refractivity contribution in [3.63, 3.8) is 0 Å². The molecule has 1 atom stereocenters. The lowest BCUT2D eigenvalue weighted by Gasteiger charge is -2.13. The third-order valence-electron chi connectivity index (χ3n) is 3.18. The van der Waals surface area contributed by atoms with E-state index in [0.29, 0.717) is 21.3 Å². The Labute approximate surface area is 137 Å². The fraction of sp³-hybridized carbons (Fsp3) is 0.133. The molecule has 0 fully saturated rings. The first-order valence-corrected chi connectivity index (χ1v) is 7.14. The van der Waals surface area contributed by atoms with Crippen LogP contribution in [-0.2, 0) is 4.79 Å². The molecule has 0 aliphatic carbocycles. The van der Waals surface area contributed by atoms with Gasteiger partial charge in [0.1, 0.15) is 0 Å². The summed E-state index contributed by atoms with van der Waals surface area (Å²) in [6.45, 7) is 1.72. The number of non-ortho nitro benzene ring substituents is 1. The van der Waals surface area contributed by atoms with Gasteiger partial charge < -0.3 is 5.32 Å². The summed E-state index contributed by atoms with van der Waals surface area (Å²) in [6.07, 6.45) is 0. The molecule has 0 unspecified atom stereocenters. The Morgan fingerprint density at radius 2 is 1.77 bits per heavy atom. The second kappa shape index (κ2) is 6.77. The molecule has 0 radical (unpaired) electrons. The molecule has 0 aliphatic rings. The predicted octanol–water partition coefficient (Wildman–Crippen LogP) is 4.64. The highest BCUT2D eigenvalue weighted by molar-refractivity contribution is 6.42. The molecule has 0 saturated heterocycles. The minimum Gasteiger partial charge on any atom is -0.326 e. The second-order valence-electron chi connectivity index (χ2n) is 4.69. The average Bonchev–Trinajstić information content (AvgIpc) is 2.50. The van der Waals surface area contributed by atoms with Crippen molar-refractivity contribution in [3.05, 3.63) is 68.2 Å². The molecule has 2 rings (SSSR count). The van der Waals surface area contributed by atoms with Crippen LogP contribution in [0.15, 0.2) is 42.5 Å². The molecular weight excluding hydrogens is 327 g/mol. The summed E-state index contributed by atoms with van der Waals surface area (Å²) in [5.41, 5.74) is 1.21. The first kappa shape index (κ1) is 16.3. The maximum atomic E-state index is 12.2. The lowest BCUT2D eigenvalue weighted by Crippen LogP contribution is -2.18. The van der Waals surface area contributed by atoms with Gasteiger partial charge in [-0.05, 0) is 30.7 Å². The van der Waals surface area contributed by atoms with Crippen LogP contribution >= 0.6 is 23.2 Å². The second-order valence-corrected chi connectivity index (χ2v) is 5.50. The highest BCUT2D eigenvalue weighted by Crippen LogP contribution is 2.26. The maximum Gasteiger partial charge on any atom is 0.269 e. The minimum atomic E-state index is -0.482. The third kappa shape index (κ3) is 3.75. The van der Waals surface area contributed by atoms with Gasteiger partial charge in [0.25, 0.3) is 5.69 Å². The summed E-state index contributed by atoms with van der Waals surface area (Å²) < 4.78 is 0. The summed E-state index contributed by atoms with van der Waals surface area (Å²) in [5.74, 6) is -0.706. The van der Waals surface area contributed by atoms with E-state index in [2.05, 4.69) is 5.32 Å². The Morgan fingerprint density at radius 3 is 2.32 bits per heavy atom. The molecule has 5 nitrogen and oxygen atoms in total. The first-order valence-electron chi connectivity index (χ1n) is 6.38. The van der Waals surface area contributed by atoms with Crippen molar-refractivity contribution in [2.75, 3.05) is 5.32 Å². The lowest BCUT2D eigenvalue weighted by atomic mass is 10.00. The van der Waals surface area contributed by atoms with Gasteiger partial charge in [-0.15, -0.1) is 0 Å². The summed E-state index contributed by atoms with van der Waals surface area (Å²) in [5, 5.41) is 14.1. The van der Waals surface area contributed by atoms with Gasteiger partial charge in [0.2, 0.25) is 5.91 Å².